The first-order chi connectivity index (χ1) is 13.0. The molecule has 0 unspecified atom stereocenters. The monoisotopic (exact) mass is 425 g/mol. The summed E-state index contributed by atoms with van der Waals surface area (Å²) in [5.41, 5.74) is 2.25. The van der Waals surface area contributed by atoms with Crippen LogP contribution in [0.15, 0.2) is 64.3 Å². The number of amides is 1. The zero-order valence-electron chi connectivity index (χ0n) is 14.7. The molecule has 0 saturated carbocycles. The molecule has 136 valence electrons. The molecule has 1 aromatic heterocycles. The van der Waals surface area contributed by atoms with Gasteiger partial charge in [-0.2, -0.15) is 5.01 Å². The van der Waals surface area contributed by atoms with Crippen LogP contribution in [-0.2, 0) is 9.53 Å². The Morgan fingerprint density at radius 1 is 1.04 bits per heavy atom. The molecule has 1 amide bonds. The Hall–Kier alpha value is -2.93. The number of benzene rings is 2. The first-order valence-corrected chi connectivity index (χ1v) is 9.17. The van der Waals surface area contributed by atoms with Gasteiger partial charge in [0.1, 0.15) is 0 Å². The highest BCUT2D eigenvalue weighted by atomic mass is 79.9. The van der Waals surface area contributed by atoms with Crippen molar-refractivity contribution in [1.82, 2.24) is 9.58 Å². The minimum atomic E-state index is -0.648. The number of ether oxygens (including phenoxy) is 1. The van der Waals surface area contributed by atoms with E-state index in [1.165, 1.54) is 18.9 Å². The van der Waals surface area contributed by atoms with Crippen LogP contribution >= 0.6 is 15.9 Å². The number of aromatic nitrogens is 1. The number of para-hydroxylation sites is 1. The highest BCUT2D eigenvalue weighted by Gasteiger charge is 2.34. The SMILES string of the molecule is CC(=O)N1N=C(c2cn(C(C)=O)c3ccccc23)O[C@@H]1c1ccc(Br)cc1. The van der Waals surface area contributed by atoms with Crippen molar-refractivity contribution in [3.8, 4) is 0 Å². The number of halogens is 1. The Kier molecular flexibility index (Phi) is 4.31. The Morgan fingerprint density at radius 3 is 2.41 bits per heavy atom. The lowest BCUT2D eigenvalue weighted by molar-refractivity contribution is -0.135. The highest BCUT2D eigenvalue weighted by molar-refractivity contribution is 9.10. The molecule has 3 aromatic rings. The number of hydrogen-bond donors (Lipinski definition) is 0. The van der Waals surface area contributed by atoms with Crippen LogP contribution in [0.4, 0.5) is 0 Å². The van der Waals surface area contributed by atoms with E-state index in [1.54, 1.807) is 10.8 Å². The fourth-order valence-electron chi connectivity index (χ4n) is 3.13. The van der Waals surface area contributed by atoms with Gasteiger partial charge in [0.05, 0.1) is 11.1 Å². The van der Waals surface area contributed by atoms with Crippen LogP contribution in [0.3, 0.4) is 0 Å². The smallest absolute Gasteiger partial charge is 0.243 e. The number of hydrogen-bond acceptors (Lipinski definition) is 4. The number of rotatable bonds is 2. The molecule has 0 saturated heterocycles. The third kappa shape index (κ3) is 3.04. The summed E-state index contributed by atoms with van der Waals surface area (Å²) in [6.45, 7) is 2.94. The van der Waals surface area contributed by atoms with Crippen molar-refractivity contribution in [2.75, 3.05) is 0 Å². The third-order valence-corrected chi connectivity index (χ3v) is 4.93. The van der Waals surface area contributed by atoms with E-state index < -0.39 is 6.23 Å². The molecule has 2 heterocycles. The maximum absolute atomic E-state index is 12.1. The first-order valence-electron chi connectivity index (χ1n) is 8.37. The van der Waals surface area contributed by atoms with E-state index in [9.17, 15) is 9.59 Å². The van der Waals surface area contributed by atoms with Crippen molar-refractivity contribution in [1.29, 1.82) is 0 Å². The molecule has 4 rings (SSSR count). The maximum atomic E-state index is 12.1. The van der Waals surface area contributed by atoms with E-state index in [-0.39, 0.29) is 11.8 Å². The summed E-state index contributed by atoms with van der Waals surface area (Å²) in [6, 6.07) is 15.1. The number of carbonyl (C=O) groups excluding carboxylic acids is 2. The molecule has 0 bridgehead atoms. The molecule has 1 atom stereocenters. The molecule has 7 heteroatoms. The van der Waals surface area contributed by atoms with Crippen LogP contribution in [0.25, 0.3) is 10.9 Å². The van der Waals surface area contributed by atoms with Crippen molar-refractivity contribution in [3.05, 3.63) is 70.3 Å². The van der Waals surface area contributed by atoms with E-state index in [4.69, 9.17) is 4.74 Å². The van der Waals surface area contributed by atoms with Crippen LogP contribution in [0.2, 0.25) is 0 Å². The molecule has 6 nitrogen and oxygen atoms in total. The molecule has 1 aliphatic heterocycles. The van der Waals surface area contributed by atoms with E-state index in [2.05, 4.69) is 21.0 Å². The number of fused-ring (bicyclic) bond motifs is 1. The molecular weight excluding hydrogens is 410 g/mol. The fraction of sp³-hybridized carbons (Fsp3) is 0.150. The van der Waals surface area contributed by atoms with E-state index in [0.29, 0.717) is 11.5 Å². The van der Waals surface area contributed by atoms with Gasteiger partial charge in [-0.15, -0.1) is 5.10 Å². The van der Waals surface area contributed by atoms with Crippen molar-refractivity contribution >= 4 is 44.5 Å². The normalized spacial score (nSPS) is 16.3. The number of carbonyl (C=O) groups is 2. The average molecular weight is 426 g/mol. The lowest BCUT2D eigenvalue weighted by Gasteiger charge is -2.19. The second-order valence-electron chi connectivity index (χ2n) is 6.24. The minimum absolute atomic E-state index is 0.107. The quantitative estimate of drug-likeness (QED) is 0.614. The van der Waals surface area contributed by atoms with Gasteiger partial charge in [-0.05, 0) is 18.2 Å². The molecule has 2 aromatic carbocycles. The Balaban J connectivity index is 1.80. The number of hydrazone groups is 1. The van der Waals surface area contributed by atoms with Gasteiger partial charge in [0.2, 0.25) is 23.9 Å². The van der Waals surface area contributed by atoms with Crippen LogP contribution in [0.1, 0.15) is 36.0 Å². The van der Waals surface area contributed by atoms with Crippen LogP contribution in [0, 0.1) is 0 Å². The van der Waals surface area contributed by atoms with Gasteiger partial charge in [0.25, 0.3) is 0 Å². The second kappa shape index (κ2) is 6.66. The first kappa shape index (κ1) is 17.5. The molecule has 27 heavy (non-hydrogen) atoms. The van der Waals surface area contributed by atoms with E-state index in [1.807, 2.05) is 48.5 Å². The lowest BCUT2D eigenvalue weighted by atomic mass is 10.1. The van der Waals surface area contributed by atoms with E-state index >= 15 is 0 Å². The summed E-state index contributed by atoms with van der Waals surface area (Å²) >= 11 is 3.41. The fourth-order valence-corrected chi connectivity index (χ4v) is 3.39. The second-order valence-corrected chi connectivity index (χ2v) is 7.16. The van der Waals surface area contributed by atoms with Crippen LogP contribution < -0.4 is 0 Å². The summed E-state index contributed by atoms with van der Waals surface area (Å²) in [5, 5.41) is 6.56. The van der Waals surface area contributed by atoms with E-state index in [0.717, 1.165) is 20.9 Å². The summed E-state index contributed by atoms with van der Waals surface area (Å²) < 4.78 is 8.56. The van der Waals surface area contributed by atoms with Crippen molar-refractivity contribution in [2.24, 2.45) is 5.10 Å². The predicted octanol–water partition coefficient (Wildman–Crippen LogP) is 4.30. The van der Waals surface area contributed by atoms with Gasteiger partial charge in [-0.1, -0.05) is 46.3 Å². The van der Waals surface area contributed by atoms with Gasteiger partial charge in [-0.3, -0.25) is 14.2 Å². The molecule has 0 radical (unpaired) electrons. The summed E-state index contributed by atoms with van der Waals surface area (Å²) in [6.07, 6.45) is 1.05. The molecule has 0 spiro atoms. The molecular formula is C20H16BrN3O3. The van der Waals surface area contributed by atoms with Crippen molar-refractivity contribution in [2.45, 2.75) is 20.1 Å². The summed E-state index contributed by atoms with van der Waals surface area (Å²) in [5.74, 6) is -0.0218. The zero-order chi connectivity index (χ0) is 19.1. The molecule has 1 aliphatic rings. The predicted molar refractivity (Wildman–Crippen MR) is 105 cm³/mol. The van der Waals surface area contributed by atoms with Crippen molar-refractivity contribution in [3.63, 3.8) is 0 Å². The molecule has 0 aliphatic carbocycles. The summed E-state index contributed by atoms with van der Waals surface area (Å²) in [4.78, 5) is 24.1. The summed E-state index contributed by atoms with van der Waals surface area (Å²) in [7, 11) is 0. The zero-order valence-corrected chi connectivity index (χ0v) is 16.3. The molecule has 0 fully saturated rings. The maximum Gasteiger partial charge on any atom is 0.243 e. The average Bonchev–Trinajstić information content (AvgIpc) is 3.24. The van der Waals surface area contributed by atoms with Gasteiger partial charge >= 0.3 is 0 Å². The topological polar surface area (TPSA) is 63.9 Å². The molecule has 0 N–H and O–H groups in total. The Labute approximate surface area is 164 Å². The highest BCUT2D eigenvalue weighted by Crippen LogP contribution is 2.33. The number of nitrogens with zero attached hydrogens (tertiary/aromatic N) is 3. The van der Waals surface area contributed by atoms with Crippen LogP contribution in [-0.4, -0.2) is 27.3 Å². The standard InChI is InChI=1S/C20H16BrN3O3/c1-12(25)23-11-17(16-5-3-4-6-18(16)23)19-22-24(13(2)26)20(27-19)14-7-9-15(21)10-8-14/h3-11,20H,1-2H3/t20-/m1/s1. The van der Waals surface area contributed by atoms with Gasteiger partial charge < -0.3 is 4.74 Å². The van der Waals surface area contributed by atoms with Gasteiger partial charge in [-0.25, -0.2) is 0 Å². The Bertz CT molecular complexity index is 1090. The van der Waals surface area contributed by atoms with Crippen LogP contribution in [0.5, 0.6) is 0 Å². The van der Waals surface area contributed by atoms with Crippen molar-refractivity contribution < 1.29 is 14.3 Å². The largest absolute Gasteiger partial charge is 0.446 e. The lowest BCUT2D eigenvalue weighted by Crippen LogP contribution is -2.25. The minimum Gasteiger partial charge on any atom is -0.446 e. The van der Waals surface area contributed by atoms with Gasteiger partial charge in [0.15, 0.2) is 0 Å². The third-order valence-electron chi connectivity index (χ3n) is 4.40. The van der Waals surface area contributed by atoms with Gasteiger partial charge in [0, 0.05) is 35.5 Å². The Morgan fingerprint density at radius 2 is 1.74 bits per heavy atom.